The van der Waals surface area contributed by atoms with Gasteiger partial charge in [-0.25, -0.2) is 16.8 Å². The molecule has 1 aliphatic heterocycles. The van der Waals surface area contributed by atoms with E-state index in [4.69, 9.17) is 28.9 Å². The molecular formula is C16H14Cl2N2O4S2. The van der Waals surface area contributed by atoms with E-state index in [0.29, 0.717) is 5.69 Å². The molecule has 0 fully saturated rings. The SMILES string of the molecule is Nc1c(Cl)cc(S(=O)(=O)N(c2ccccc2)C2C=CS(=O)(=O)C2)cc1Cl. The van der Waals surface area contributed by atoms with Gasteiger partial charge in [-0.15, -0.1) is 0 Å². The second kappa shape index (κ2) is 6.77. The summed E-state index contributed by atoms with van der Waals surface area (Å²) in [6.45, 7) is 0. The van der Waals surface area contributed by atoms with Crippen LogP contribution in [0.25, 0.3) is 0 Å². The first kappa shape index (κ1) is 19.0. The van der Waals surface area contributed by atoms with Gasteiger partial charge in [0.15, 0.2) is 9.84 Å². The van der Waals surface area contributed by atoms with Crippen molar-refractivity contribution >= 4 is 54.4 Å². The Morgan fingerprint density at radius 1 is 1.08 bits per heavy atom. The topological polar surface area (TPSA) is 97.5 Å². The van der Waals surface area contributed by atoms with Crippen LogP contribution in [0.3, 0.4) is 0 Å². The van der Waals surface area contributed by atoms with Gasteiger partial charge >= 0.3 is 0 Å². The van der Waals surface area contributed by atoms with Crippen LogP contribution in [0.1, 0.15) is 0 Å². The molecule has 3 rings (SSSR count). The molecule has 0 aliphatic carbocycles. The number of rotatable bonds is 4. The molecule has 1 unspecified atom stereocenters. The van der Waals surface area contributed by atoms with Crippen molar-refractivity contribution < 1.29 is 16.8 Å². The smallest absolute Gasteiger partial charge is 0.265 e. The molecule has 138 valence electrons. The Labute approximate surface area is 161 Å². The Bertz CT molecular complexity index is 1060. The summed E-state index contributed by atoms with van der Waals surface area (Å²) in [5.41, 5.74) is 6.07. The number of sulfonamides is 1. The van der Waals surface area contributed by atoms with E-state index in [1.165, 1.54) is 18.2 Å². The number of hydrogen-bond donors (Lipinski definition) is 1. The number of benzene rings is 2. The van der Waals surface area contributed by atoms with Crippen molar-refractivity contribution in [2.24, 2.45) is 0 Å². The lowest BCUT2D eigenvalue weighted by molar-refractivity contribution is 0.586. The Kier molecular flexibility index (Phi) is 4.96. The van der Waals surface area contributed by atoms with Crippen molar-refractivity contribution in [2.75, 3.05) is 15.8 Å². The molecule has 0 amide bonds. The van der Waals surface area contributed by atoms with Crippen LogP contribution in [0.2, 0.25) is 10.0 Å². The number of para-hydroxylation sites is 1. The predicted molar refractivity (Wildman–Crippen MR) is 104 cm³/mol. The zero-order valence-electron chi connectivity index (χ0n) is 13.2. The molecule has 0 radical (unpaired) electrons. The molecule has 1 heterocycles. The van der Waals surface area contributed by atoms with Gasteiger partial charge in [0.1, 0.15) is 0 Å². The molecule has 0 spiro atoms. The zero-order chi connectivity index (χ0) is 19.1. The third-order valence-electron chi connectivity index (χ3n) is 3.83. The highest BCUT2D eigenvalue weighted by Gasteiger charge is 2.36. The molecule has 1 atom stereocenters. The largest absolute Gasteiger partial charge is 0.396 e. The monoisotopic (exact) mass is 432 g/mol. The van der Waals surface area contributed by atoms with Crippen LogP contribution < -0.4 is 10.0 Å². The van der Waals surface area contributed by atoms with E-state index < -0.39 is 25.9 Å². The van der Waals surface area contributed by atoms with Gasteiger partial charge < -0.3 is 5.73 Å². The lowest BCUT2D eigenvalue weighted by atomic mass is 10.2. The van der Waals surface area contributed by atoms with Crippen molar-refractivity contribution in [3.05, 3.63) is 64.0 Å². The summed E-state index contributed by atoms with van der Waals surface area (Å²) in [6.07, 6.45) is 1.35. The van der Waals surface area contributed by atoms with Gasteiger partial charge in [0.25, 0.3) is 10.0 Å². The first-order chi connectivity index (χ1) is 12.1. The highest BCUT2D eigenvalue weighted by atomic mass is 35.5. The van der Waals surface area contributed by atoms with Gasteiger partial charge in [-0.3, -0.25) is 4.31 Å². The maximum absolute atomic E-state index is 13.3. The molecule has 6 nitrogen and oxygen atoms in total. The van der Waals surface area contributed by atoms with Gasteiger partial charge in [-0.1, -0.05) is 41.4 Å². The summed E-state index contributed by atoms with van der Waals surface area (Å²) < 4.78 is 51.3. The number of nitrogens with zero attached hydrogens (tertiary/aromatic N) is 1. The second-order valence-corrected chi connectivity index (χ2v) is 10.2. The fourth-order valence-corrected chi connectivity index (χ4v) is 6.25. The van der Waals surface area contributed by atoms with Crippen molar-refractivity contribution in [3.63, 3.8) is 0 Å². The zero-order valence-corrected chi connectivity index (χ0v) is 16.4. The summed E-state index contributed by atoms with van der Waals surface area (Å²) in [6, 6.07) is 9.72. The van der Waals surface area contributed by atoms with Gasteiger partial charge in [-0.2, -0.15) is 0 Å². The lowest BCUT2D eigenvalue weighted by Crippen LogP contribution is -2.41. The number of nitrogens with two attached hydrogens (primary N) is 1. The molecule has 26 heavy (non-hydrogen) atoms. The van der Waals surface area contributed by atoms with Crippen LogP contribution in [0.15, 0.2) is 58.8 Å². The third-order valence-corrected chi connectivity index (χ3v) is 7.67. The Balaban J connectivity index is 2.17. The molecule has 10 heteroatoms. The van der Waals surface area contributed by atoms with Crippen molar-refractivity contribution in [1.82, 2.24) is 0 Å². The lowest BCUT2D eigenvalue weighted by Gasteiger charge is -2.29. The van der Waals surface area contributed by atoms with Gasteiger partial charge in [0.05, 0.1) is 38.1 Å². The number of hydrogen-bond acceptors (Lipinski definition) is 5. The van der Waals surface area contributed by atoms with E-state index in [1.807, 2.05) is 0 Å². The average Bonchev–Trinajstić information content (AvgIpc) is 2.92. The minimum Gasteiger partial charge on any atom is -0.396 e. The van der Waals surface area contributed by atoms with Crippen LogP contribution in [-0.4, -0.2) is 28.6 Å². The van der Waals surface area contributed by atoms with Gasteiger partial charge in [0.2, 0.25) is 0 Å². The fourth-order valence-electron chi connectivity index (χ4n) is 2.61. The standard InChI is InChI=1S/C16H14Cl2N2O4S2/c17-14-8-13(9-15(18)16(14)19)26(23,24)20(11-4-2-1-3-5-11)12-6-7-25(21,22)10-12/h1-9,12H,10,19H2. The molecule has 2 N–H and O–H groups in total. The van der Waals surface area contributed by atoms with E-state index in [0.717, 1.165) is 9.71 Å². The summed E-state index contributed by atoms with van der Waals surface area (Å²) in [5, 5.41) is 1.02. The minimum atomic E-state index is -4.16. The quantitative estimate of drug-likeness (QED) is 0.748. The Morgan fingerprint density at radius 3 is 2.15 bits per heavy atom. The normalized spacial score (nSPS) is 18.8. The van der Waals surface area contributed by atoms with Crippen LogP contribution in [0.4, 0.5) is 11.4 Å². The fraction of sp³-hybridized carbons (Fsp3) is 0.125. The van der Waals surface area contributed by atoms with Crippen LogP contribution in [0.5, 0.6) is 0 Å². The van der Waals surface area contributed by atoms with Crippen molar-refractivity contribution in [3.8, 4) is 0 Å². The number of halogens is 2. The van der Waals surface area contributed by atoms with Crippen LogP contribution in [0, 0.1) is 0 Å². The average molecular weight is 433 g/mol. The highest BCUT2D eigenvalue weighted by Crippen LogP contribution is 2.35. The molecule has 0 saturated heterocycles. The predicted octanol–water partition coefficient (Wildman–Crippen LogP) is 3.08. The second-order valence-electron chi connectivity index (χ2n) is 5.66. The maximum atomic E-state index is 13.3. The molecular weight excluding hydrogens is 419 g/mol. The first-order valence-electron chi connectivity index (χ1n) is 7.37. The van der Waals surface area contributed by atoms with E-state index in [9.17, 15) is 16.8 Å². The van der Waals surface area contributed by atoms with Crippen LogP contribution in [-0.2, 0) is 19.9 Å². The molecule has 2 aromatic carbocycles. The van der Waals surface area contributed by atoms with E-state index in [1.54, 1.807) is 30.3 Å². The van der Waals surface area contributed by atoms with Crippen LogP contribution >= 0.6 is 23.2 Å². The van der Waals surface area contributed by atoms with Crippen molar-refractivity contribution in [2.45, 2.75) is 10.9 Å². The van der Waals surface area contributed by atoms with E-state index >= 15 is 0 Å². The maximum Gasteiger partial charge on any atom is 0.265 e. The number of anilines is 2. The Hall–Kier alpha value is -1.74. The van der Waals surface area contributed by atoms with Crippen molar-refractivity contribution in [1.29, 1.82) is 0 Å². The molecule has 0 aromatic heterocycles. The third kappa shape index (κ3) is 3.55. The summed E-state index contributed by atoms with van der Waals surface area (Å²) in [7, 11) is -7.63. The highest BCUT2D eigenvalue weighted by molar-refractivity contribution is 7.95. The molecule has 2 aromatic rings. The summed E-state index contributed by atoms with van der Waals surface area (Å²) in [4.78, 5) is -0.178. The van der Waals surface area contributed by atoms with E-state index in [-0.39, 0.29) is 26.4 Å². The number of sulfone groups is 1. The summed E-state index contributed by atoms with van der Waals surface area (Å²) in [5.74, 6) is -0.350. The van der Waals surface area contributed by atoms with Gasteiger partial charge in [0, 0.05) is 5.41 Å². The summed E-state index contributed by atoms with van der Waals surface area (Å²) >= 11 is 12.0. The minimum absolute atomic E-state index is 0.00123. The Morgan fingerprint density at radius 2 is 1.65 bits per heavy atom. The van der Waals surface area contributed by atoms with E-state index in [2.05, 4.69) is 0 Å². The molecule has 0 bridgehead atoms. The first-order valence-corrected chi connectivity index (χ1v) is 11.3. The molecule has 1 aliphatic rings. The van der Waals surface area contributed by atoms with Gasteiger partial charge in [-0.05, 0) is 30.3 Å². The molecule has 0 saturated carbocycles. The number of nitrogen functional groups attached to an aromatic ring is 1.